The van der Waals surface area contributed by atoms with Crippen LogP contribution in [0.5, 0.6) is 5.75 Å². The Morgan fingerprint density at radius 2 is 1.84 bits per heavy atom. The maximum Gasteiger partial charge on any atom is 0.183 e. The Morgan fingerprint density at radius 3 is 2.44 bits per heavy atom. The predicted octanol–water partition coefficient (Wildman–Crippen LogP) is 3.98. The summed E-state index contributed by atoms with van der Waals surface area (Å²) >= 11 is 4.29. The fourth-order valence-electron chi connectivity index (χ4n) is 2.71. The highest BCUT2D eigenvalue weighted by Gasteiger charge is 2.40. The summed E-state index contributed by atoms with van der Waals surface area (Å²) in [5.41, 5.74) is -1.13. The molecule has 25 heavy (non-hydrogen) atoms. The summed E-state index contributed by atoms with van der Waals surface area (Å²) in [5, 5.41) is 15.9. The minimum absolute atomic E-state index is 0.264. The number of nitrogens with zero attached hydrogens (tertiary/aromatic N) is 3. The Hall–Kier alpha value is -1.53. The Kier molecular flexibility index (Phi) is 6.90. The van der Waals surface area contributed by atoms with E-state index in [9.17, 15) is 5.11 Å². The van der Waals surface area contributed by atoms with Crippen LogP contribution in [-0.4, -0.2) is 32.1 Å². The van der Waals surface area contributed by atoms with Crippen molar-refractivity contribution in [2.24, 2.45) is 5.41 Å². The van der Waals surface area contributed by atoms with E-state index in [-0.39, 0.29) is 5.41 Å². The molecule has 1 atom stereocenters. The number of ether oxygens (including phenoxy) is 1. The summed E-state index contributed by atoms with van der Waals surface area (Å²) in [6.45, 7) is 7.26. The van der Waals surface area contributed by atoms with Crippen LogP contribution in [0.25, 0.3) is 0 Å². The molecular weight excluding hydrogens is 334 g/mol. The van der Waals surface area contributed by atoms with E-state index in [2.05, 4.69) is 43.5 Å². The van der Waals surface area contributed by atoms with E-state index in [1.807, 2.05) is 30.3 Å². The number of rotatable bonds is 9. The van der Waals surface area contributed by atoms with Crippen molar-refractivity contribution >= 4 is 12.6 Å². The Morgan fingerprint density at radius 1 is 1.12 bits per heavy atom. The zero-order chi connectivity index (χ0) is 18.3. The molecule has 0 saturated carbocycles. The third kappa shape index (κ3) is 5.75. The predicted molar refractivity (Wildman–Crippen MR) is 102 cm³/mol. The van der Waals surface area contributed by atoms with E-state index in [0.29, 0.717) is 24.7 Å². The highest BCUT2D eigenvalue weighted by Crippen LogP contribution is 2.36. The van der Waals surface area contributed by atoms with E-state index in [0.717, 1.165) is 25.0 Å². The van der Waals surface area contributed by atoms with Crippen molar-refractivity contribution in [1.82, 2.24) is 14.8 Å². The smallest absolute Gasteiger partial charge is 0.183 e. The maximum absolute atomic E-state index is 11.2. The third-order valence-corrected chi connectivity index (χ3v) is 5.00. The minimum Gasteiger partial charge on any atom is -0.494 e. The van der Waals surface area contributed by atoms with Crippen LogP contribution in [0.4, 0.5) is 0 Å². The zero-order valence-electron chi connectivity index (χ0n) is 15.4. The van der Waals surface area contributed by atoms with Crippen LogP contribution in [0.2, 0.25) is 0 Å². The van der Waals surface area contributed by atoms with Gasteiger partial charge in [0.1, 0.15) is 12.1 Å². The zero-order valence-corrected chi connectivity index (χ0v) is 16.2. The van der Waals surface area contributed by atoms with Gasteiger partial charge in [-0.05, 0) is 36.8 Å². The molecule has 0 amide bonds. The second-order valence-electron chi connectivity index (χ2n) is 7.47. The van der Waals surface area contributed by atoms with Gasteiger partial charge in [-0.15, -0.1) is 12.6 Å². The number of unbranched alkanes of at least 4 members (excludes halogenated alkanes) is 2. The third-order valence-electron chi connectivity index (χ3n) is 4.65. The van der Waals surface area contributed by atoms with Crippen molar-refractivity contribution in [2.75, 3.05) is 6.61 Å². The standard InChI is InChI=1S/C19H29N3O2S/c1-18(2,3)19(23,14-22-17(25)20-15-21-22)12-8-5-9-13-24-16-10-6-4-7-11-16/h4,6-7,10-11,15,23H,5,8-9,12-14H2,1-3H3,(H,20,21,25). The van der Waals surface area contributed by atoms with Gasteiger partial charge in [0.2, 0.25) is 0 Å². The van der Waals surface area contributed by atoms with E-state index in [1.165, 1.54) is 6.33 Å². The fraction of sp³-hybridized carbons (Fsp3) is 0.579. The lowest BCUT2D eigenvalue weighted by Gasteiger charge is -2.40. The number of aliphatic hydroxyl groups is 1. The SMILES string of the molecule is CC(C)(C)C(O)(CCCCCOc1ccccc1)Cn1ncnc1S. The highest BCUT2D eigenvalue weighted by molar-refractivity contribution is 7.80. The van der Waals surface area contributed by atoms with E-state index < -0.39 is 5.60 Å². The number of benzene rings is 1. The lowest BCUT2D eigenvalue weighted by atomic mass is 9.73. The van der Waals surface area contributed by atoms with Crippen LogP contribution in [0, 0.1) is 5.41 Å². The van der Waals surface area contributed by atoms with Gasteiger partial charge < -0.3 is 9.84 Å². The largest absolute Gasteiger partial charge is 0.494 e. The number of hydrogen-bond acceptors (Lipinski definition) is 5. The van der Waals surface area contributed by atoms with Gasteiger partial charge in [-0.3, -0.25) is 0 Å². The average molecular weight is 364 g/mol. The van der Waals surface area contributed by atoms with Gasteiger partial charge in [-0.1, -0.05) is 45.4 Å². The first-order chi connectivity index (χ1) is 11.8. The van der Waals surface area contributed by atoms with Gasteiger partial charge in [0, 0.05) is 0 Å². The van der Waals surface area contributed by atoms with Crippen molar-refractivity contribution in [3.8, 4) is 5.75 Å². The Bertz CT molecular complexity index is 640. The van der Waals surface area contributed by atoms with Crippen molar-refractivity contribution in [3.05, 3.63) is 36.7 Å². The van der Waals surface area contributed by atoms with Crippen molar-refractivity contribution in [1.29, 1.82) is 0 Å². The van der Waals surface area contributed by atoms with Crippen LogP contribution >= 0.6 is 12.6 Å². The highest BCUT2D eigenvalue weighted by atomic mass is 32.1. The number of para-hydroxylation sites is 1. The quantitative estimate of drug-likeness (QED) is 0.522. The summed E-state index contributed by atoms with van der Waals surface area (Å²) in [6.07, 6.45) is 5.08. The van der Waals surface area contributed by atoms with E-state index in [4.69, 9.17) is 4.74 Å². The molecule has 0 spiro atoms. The molecule has 0 saturated heterocycles. The van der Waals surface area contributed by atoms with E-state index in [1.54, 1.807) is 4.68 Å². The monoisotopic (exact) mass is 363 g/mol. The van der Waals surface area contributed by atoms with Crippen molar-refractivity contribution in [2.45, 2.75) is 63.8 Å². The van der Waals surface area contributed by atoms with Crippen LogP contribution < -0.4 is 4.74 Å². The molecule has 138 valence electrons. The summed E-state index contributed by atoms with van der Waals surface area (Å²) in [4.78, 5) is 4.02. The summed E-state index contributed by atoms with van der Waals surface area (Å²) < 4.78 is 7.37. The van der Waals surface area contributed by atoms with Gasteiger partial charge in [0.15, 0.2) is 5.16 Å². The number of aromatic nitrogens is 3. The molecule has 0 radical (unpaired) electrons. The molecular formula is C19H29N3O2S. The molecule has 0 aliphatic rings. The summed E-state index contributed by atoms with van der Waals surface area (Å²) in [6, 6.07) is 9.85. The molecule has 1 heterocycles. The van der Waals surface area contributed by atoms with E-state index >= 15 is 0 Å². The Balaban J connectivity index is 1.79. The lowest BCUT2D eigenvalue weighted by molar-refractivity contribution is -0.0831. The van der Waals surface area contributed by atoms with Gasteiger partial charge in [-0.2, -0.15) is 5.10 Å². The van der Waals surface area contributed by atoms with Crippen LogP contribution in [0.3, 0.4) is 0 Å². The molecule has 1 aromatic carbocycles. The van der Waals surface area contributed by atoms with Crippen molar-refractivity contribution < 1.29 is 9.84 Å². The molecule has 0 fully saturated rings. The number of thiol groups is 1. The second kappa shape index (κ2) is 8.72. The minimum atomic E-state index is -0.863. The summed E-state index contributed by atoms with van der Waals surface area (Å²) in [7, 11) is 0. The first-order valence-electron chi connectivity index (χ1n) is 8.79. The fourth-order valence-corrected chi connectivity index (χ4v) is 2.89. The summed E-state index contributed by atoms with van der Waals surface area (Å²) in [5.74, 6) is 0.904. The second-order valence-corrected chi connectivity index (χ2v) is 7.87. The van der Waals surface area contributed by atoms with Crippen LogP contribution in [0.15, 0.2) is 41.8 Å². The molecule has 1 aromatic heterocycles. The molecule has 0 aliphatic heterocycles. The van der Waals surface area contributed by atoms with Gasteiger partial charge in [0.25, 0.3) is 0 Å². The average Bonchev–Trinajstić information content (AvgIpc) is 2.95. The van der Waals surface area contributed by atoms with Gasteiger partial charge in [0.05, 0.1) is 18.8 Å². The number of hydrogen-bond donors (Lipinski definition) is 2. The molecule has 1 unspecified atom stereocenters. The first-order valence-corrected chi connectivity index (χ1v) is 9.23. The van der Waals surface area contributed by atoms with Gasteiger partial charge in [-0.25, -0.2) is 9.67 Å². The van der Waals surface area contributed by atoms with Crippen LogP contribution in [-0.2, 0) is 6.54 Å². The maximum atomic E-state index is 11.2. The molecule has 0 aliphatic carbocycles. The normalized spacial score (nSPS) is 14.3. The molecule has 0 bridgehead atoms. The lowest BCUT2D eigenvalue weighted by Crippen LogP contribution is -2.46. The molecule has 2 aromatic rings. The first kappa shape index (κ1) is 19.8. The Labute approximate surface area is 155 Å². The molecule has 6 heteroatoms. The van der Waals surface area contributed by atoms with Gasteiger partial charge >= 0.3 is 0 Å². The molecule has 5 nitrogen and oxygen atoms in total. The van der Waals surface area contributed by atoms with Crippen LogP contribution in [0.1, 0.15) is 46.5 Å². The van der Waals surface area contributed by atoms with Crippen molar-refractivity contribution in [3.63, 3.8) is 0 Å². The topological polar surface area (TPSA) is 60.2 Å². The molecule has 1 N–H and O–H groups in total. The molecule has 2 rings (SSSR count).